The Bertz CT molecular complexity index is 660. The van der Waals surface area contributed by atoms with Gasteiger partial charge in [-0.05, 0) is 32.0 Å². The Morgan fingerprint density at radius 3 is 2.48 bits per heavy atom. The zero-order valence-corrected chi connectivity index (χ0v) is 12.8. The average molecular weight is 310 g/mol. The predicted molar refractivity (Wildman–Crippen MR) is 78.7 cm³/mol. The minimum atomic E-state index is -3.89. The first-order valence-electron chi connectivity index (χ1n) is 6.42. The summed E-state index contributed by atoms with van der Waals surface area (Å²) in [6.07, 6.45) is 0. The molecule has 0 saturated heterocycles. The molecule has 0 aliphatic heterocycles. The van der Waals surface area contributed by atoms with Crippen LogP contribution < -0.4 is 10.5 Å². The Morgan fingerprint density at radius 1 is 1.38 bits per heavy atom. The second-order valence-corrected chi connectivity index (χ2v) is 5.99. The number of rotatable bonds is 6. The third-order valence-electron chi connectivity index (χ3n) is 2.96. The van der Waals surface area contributed by atoms with Crippen molar-refractivity contribution in [2.45, 2.75) is 18.7 Å². The van der Waals surface area contributed by atoms with Crippen molar-refractivity contribution >= 4 is 21.6 Å². The maximum absolute atomic E-state index is 12.1. The van der Waals surface area contributed by atoms with Gasteiger partial charge in [0.1, 0.15) is 4.90 Å². The second-order valence-electron chi connectivity index (χ2n) is 4.25. The summed E-state index contributed by atoms with van der Waals surface area (Å²) in [5, 5.41) is 8.73. The predicted octanol–water partition coefficient (Wildman–Crippen LogP) is 0.287. The van der Waals surface area contributed by atoms with Crippen LogP contribution in [0.1, 0.15) is 19.4 Å². The van der Waals surface area contributed by atoms with Gasteiger partial charge in [0.05, 0.1) is 23.9 Å². The number of nitrogen functional groups attached to an aromatic ring is 1. The molecule has 3 N–H and O–H groups in total. The lowest BCUT2D eigenvalue weighted by Crippen LogP contribution is -2.40. The zero-order valence-electron chi connectivity index (χ0n) is 12.0. The van der Waals surface area contributed by atoms with Crippen LogP contribution in [-0.4, -0.2) is 38.9 Å². The van der Waals surface area contributed by atoms with Gasteiger partial charge in [0, 0.05) is 13.1 Å². The summed E-state index contributed by atoms with van der Waals surface area (Å²) in [5.74, 6) is -0.309. The van der Waals surface area contributed by atoms with Gasteiger partial charge in [0.2, 0.25) is 15.9 Å². The van der Waals surface area contributed by atoms with Gasteiger partial charge in [-0.3, -0.25) is 4.79 Å². The highest BCUT2D eigenvalue weighted by atomic mass is 32.2. The molecule has 21 heavy (non-hydrogen) atoms. The van der Waals surface area contributed by atoms with Crippen LogP contribution in [0.25, 0.3) is 0 Å². The van der Waals surface area contributed by atoms with Gasteiger partial charge in [-0.2, -0.15) is 5.26 Å². The van der Waals surface area contributed by atoms with Crippen molar-refractivity contribution in [1.82, 2.24) is 9.62 Å². The van der Waals surface area contributed by atoms with Gasteiger partial charge < -0.3 is 10.6 Å². The number of carbonyl (C=O) groups excluding carboxylic acids is 1. The number of anilines is 1. The van der Waals surface area contributed by atoms with Crippen LogP contribution in [0.2, 0.25) is 0 Å². The van der Waals surface area contributed by atoms with Gasteiger partial charge in [-0.15, -0.1) is 0 Å². The molecule has 0 saturated carbocycles. The summed E-state index contributed by atoms with van der Waals surface area (Å²) in [5.41, 5.74) is 5.87. The van der Waals surface area contributed by atoms with E-state index in [9.17, 15) is 13.2 Å². The van der Waals surface area contributed by atoms with E-state index in [4.69, 9.17) is 11.0 Å². The fraction of sp³-hybridized carbons (Fsp3) is 0.385. The lowest BCUT2D eigenvalue weighted by Gasteiger charge is -2.18. The highest BCUT2D eigenvalue weighted by Crippen LogP contribution is 2.19. The highest BCUT2D eigenvalue weighted by molar-refractivity contribution is 7.89. The molecule has 0 radical (unpaired) electrons. The van der Waals surface area contributed by atoms with Gasteiger partial charge in [-0.25, -0.2) is 13.1 Å². The normalized spacial score (nSPS) is 10.9. The van der Waals surface area contributed by atoms with Crippen molar-refractivity contribution in [3.05, 3.63) is 23.8 Å². The van der Waals surface area contributed by atoms with E-state index >= 15 is 0 Å². The minimum absolute atomic E-state index is 0.0307. The molecule has 114 valence electrons. The highest BCUT2D eigenvalue weighted by Gasteiger charge is 2.20. The molecule has 1 rings (SSSR count). The largest absolute Gasteiger partial charge is 0.398 e. The number of nitriles is 1. The van der Waals surface area contributed by atoms with E-state index in [1.807, 2.05) is 19.9 Å². The molecule has 0 fully saturated rings. The van der Waals surface area contributed by atoms with Crippen LogP contribution in [0.4, 0.5) is 5.69 Å². The summed E-state index contributed by atoms with van der Waals surface area (Å²) in [7, 11) is -3.89. The van der Waals surface area contributed by atoms with Crippen molar-refractivity contribution < 1.29 is 13.2 Å². The quantitative estimate of drug-likeness (QED) is 0.732. The molecule has 1 aromatic carbocycles. The van der Waals surface area contributed by atoms with E-state index in [1.165, 1.54) is 23.1 Å². The number of carbonyl (C=O) groups is 1. The fourth-order valence-electron chi connectivity index (χ4n) is 1.79. The van der Waals surface area contributed by atoms with Crippen molar-refractivity contribution in [2.24, 2.45) is 0 Å². The molecule has 7 nitrogen and oxygen atoms in total. The van der Waals surface area contributed by atoms with E-state index in [1.54, 1.807) is 0 Å². The van der Waals surface area contributed by atoms with Gasteiger partial charge >= 0.3 is 0 Å². The maximum atomic E-state index is 12.1. The number of hydrogen-bond acceptors (Lipinski definition) is 5. The third kappa shape index (κ3) is 4.18. The molecule has 1 amide bonds. The van der Waals surface area contributed by atoms with Crippen molar-refractivity contribution in [2.75, 3.05) is 25.4 Å². The van der Waals surface area contributed by atoms with E-state index in [-0.39, 0.29) is 28.6 Å². The first kappa shape index (κ1) is 16.9. The fourth-order valence-corrected chi connectivity index (χ4v) is 2.87. The number of benzene rings is 1. The molecule has 0 atom stereocenters. The molecule has 0 spiro atoms. The summed E-state index contributed by atoms with van der Waals surface area (Å²) >= 11 is 0. The molecule has 0 bridgehead atoms. The number of hydrogen-bond donors (Lipinski definition) is 2. The average Bonchev–Trinajstić information content (AvgIpc) is 2.46. The number of nitrogens with one attached hydrogen (secondary N) is 1. The smallest absolute Gasteiger partial charge is 0.243 e. The molecule has 1 aromatic rings. The van der Waals surface area contributed by atoms with Crippen molar-refractivity contribution in [3.63, 3.8) is 0 Å². The monoisotopic (exact) mass is 310 g/mol. The number of nitrogens with zero attached hydrogens (tertiary/aromatic N) is 2. The third-order valence-corrected chi connectivity index (χ3v) is 4.43. The Kier molecular flexibility index (Phi) is 5.69. The number of nitrogens with two attached hydrogens (primary N) is 1. The lowest BCUT2D eigenvalue weighted by molar-refractivity contribution is -0.129. The van der Waals surface area contributed by atoms with Crippen molar-refractivity contribution in [1.29, 1.82) is 5.26 Å². The standard InChI is InChI=1S/C13H18N4O3S/c1-3-17(4-2)13(18)9-16-21(19,20)12-6-5-10(8-14)7-11(12)15/h5-7,16H,3-4,9,15H2,1-2H3. The Morgan fingerprint density at radius 2 is 2.00 bits per heavy atom. The molecular weight excluding hydrogens is 292 g/mol. The first-order valence-corrected chi connectivity index (χ1v) is 7.91. The van der Waals surface area contributed by atoms with E-state index in [0.717, 1.165) is 0 Å². The Hall–Kier alpha value is -2.11. The number of likely N-dealkylation sites (N-methyl/N-ethyl adjacent to an activating group) is 1. The topological polar surface area (TPSA) is 116 Å². The molecule has 0 aliphatic rings. The summed E-state index contributed by atoms with van der Waals surface area (Å²) < 4.78 is 26.4. The van der Waals surface area contributed by atoms with Crippen LogP contribution in [0.3, 0.4) is 0 Å². The van der Waals surface area contributed by atoms with Crippen LogP contribution in [0, 0.1) is 11.3 Å². The minimum Gasteiger partial charge on any atom is -0.398 e. The van der Waals surface area contributed by atoms with E-state index in [0.29, 0.717) is 13.1 Å². The Labute approximate surface area is 124 Å². The van der Waals surface area contributed by atoms with Crippen molar-refractivity contribution in [3.8, 4) is 6.07 Å². The molecule has 0 heterocycles. The molecule has 8 heteroatoms. The van der Waals surface area contributed by atoms with Gasteiger partial charge in [0.15, 0.2) is 0 Å². The van der Waals surface area contributed by atoms with E-state index in [2.05, 4.69) is 4.72 Å². The molecule has 0 unspecified atom stereocenters. The van der Waals surface area contributed by atoms with E-state index < -0.39 is 10.0 Å². The van der Waals surface area contributed by atoms with Crippen LogP contribution >= 0.6 is 0 Å². The first-order chi connectivity index (χ1) is 9.85. The maximum Gasteiger partial charge on any atom is 0.243 e. The second kappa shape index (κ2) is 7.06. The number of amides is 1. The molecular formula is C13H18N4O3S. The molecule has 0 aromatic heterocycles. The lowest BCUT2D eigenvalue weighted by atomic mass is 10.2. The van der Waals surface area contributed by atoms with Crippen LogP contribution in [-0.2, 0) is 14.8 Å². The van der Waals surface area contributed by atoms with Gasteiger partial charge in [0.25, 0.3) is 0 Å². The van der Waals surface area contributed by atoms with Gasteiger partial charge in [-0.1, -0.05) is 0 Å². The Balaban J connectivity index is 2.88. The summed E-state index contributed by atoms with van der Waals surface area (Å²) in [4.78, 5) is 13.2. The zero-order chi connectivity index (χ0) is 16.0. The SMILES string of the molecule is CCN(CC)C(=O)CNS(=O)(=O)c1ccc(C#N)cc1N. The molecule has 0 aliphatic carbocycles. The summed E-state index contributed by atoms with van der Waals surface area (Å²) in [6.45, 7) is 4.32. The van der Waals surface area contributed by atoms with Crippen LogP contribution in [0.15, 0.2) is 23.1 Å². The summed E-state index contributed by atoms with van der Waals surface area (Å²) in [6, 6.07) is 5.76. The van der Waals surface area contributed by atoms with Crippen LogP contribution in [0.5, 0.6) is 0 Å². The number of sulfonamides is 1.